The van der Waals surface area contributed by atoms with Crippen molar-refractivity contribution in [3.63, 3.8) is 0 Å². The lowest BCUT2D eigenvalue weighted by atomic mass is 10.1. The summed E-state index contributed by atoms with van der Waals surface area (Å²) in [4.78, 5) is 13.7. The lowest BCUT2D eigenvalue weighted by Gasteiger charge is -2.16. The highest BCUT2D eigenvalue weighted by Crippen LogP contribution is 2.39. The number of tetrazole rings is 1. The highest BCUT2D eigenvalue weighted by Gasteiger charge is 2.36. The van der Waals surface area contributed by atoms with E-state index in [1.54, 1.807) is 26.0 Å². The van der Waals surface area contributed by atoms with Crippen LogP contribution in [0.4, 0.5) is 0 Å². The molecule has 1 aliphatic rings. The Kier molecular flexibility index (Phi) is 4.12. The average Bonchev–Trinajstić information content (AvgIpc) is 3.24. The van der Waals surface area contributed by atoms with Crippen LogP contribution >= 0.6 is 0 Å². The number of carbonyl (C=O) groups is 1. The molecule has 3 rings (SSSR count). The van der Waals surface area contributed by atoms with Crippen molar-refractivity contribution in [2.75, 3.05) is 0 Å². The lowest BCUT2D eigenvalue weighted by molar-refractivity contribution is 0.0524. The third-order valence-electron chi connectivity index (χ3n) is 3.69. The van der Waals surface area contributed by atoms with Gasteiger partial charge in [0.05, 0.1) is 18.2 Å². The van der Waals surface area contributed by atoms with Crippen LogP contribution in [0.15, 0.2) is 30.3 Å². The van der Waals surface area contributed by atoms with Crippen molar-refractivity contribution in [3.8, 4) is 0 Å². The van der Waals surface area contributed by atoms with Gasteiger partial charge in [-0.3, -0.25) is 4.79 Å². The van der Waals surface area contributed by atoms with E-state index in [1.807, 2.05) is 18.2 Å². The van der Waals surface area contributed by atoms with E-state index in [0.717, 1.165) is 12.8 Å². The van der Waals surface area contributed by atoms with Gasteiger partial charge < -0.3 is 10.4 Å². The second-order valence-corrected chi connectivity index (χ2v) is 6.65. The summed E-state index contributed by atoms with van der Waals surface area (Å²) in [6.45, 7) is 3.63. The molecule has 0 radical (unpaired) electrons. The van der Waals surface area contributed by atoms with Crippen LogP contribution < -0.4 is 5.32 Å². The highest BCUT2D eigenvalue weighted by atomic mass is 16.3. The second-order valence-electron chi connectivity index (χ2n) is 6.65. The van der Waals surface area contributed by atoms with E-state index < -0.39 is 5.60 Å². The summed E-state index contributed by atoms with van der Waals surface area (Å²) < 4.78 is 0. The van der Waals surface area contributed by atoms with Crippen molar-refractivity contribution in [3.05, 3.63) is 41.7 Å². The summed E-state index contributed by atoms with van der Waals surface area (Å²) in [6, 6.07) is 8.85. The Hall–Kier alpha value is -2.28. The Morgan fingerprint density at radius 2 is 2.09 bits per heavy atom. The smallest absolute Gasteiger partial charge is 0.251 e. The van der Waals surface area contributed by atoms with Crippen molar-refractivity contribution < 1.29 is 9.90 Å². The van der Waals surface area contributed by atoms with Crippen molar-refractivity contribution in [1.29, 1.82) is 0 Å². The monoisotopic (exact) mass is 315 g/mol. The van der Waals surface area contributed by atoms with Crippen LogP contribution in [0.25, 0.3) is 0 Å². The molecule has 0 bridgehead atoms. The maximum absolute atomic E-state index is 12.4. The van der Waals surface area contributed by atoms with Crippen LogP contribution in [0.1, 0.15) is 48.9 Å². The summed E-state index contributed by atoms with van der Waals surface area (Å²) in [6.07, 6.45) is 2.08. The number of hydrogen-bond donors (Lipinski definition) is 2. The second kappa shape index (κ2) is 6.08. The number of nitrogens with zero attached hydrogens (tertiary/aromatic N) is 4. The fourth-order valence-corrected chi connectivity index (χ4v) is 2.43. The third-order valence-corrected chi connectivity index (χ3v) is 3.69. The molecule has 0 aliphatic heterocycles. The molecular weight excluding hydrogens is 294 g/mol. The Balaban J connectivity index is 1.74. The minimum absolute atomic E-state index is 0.138. The summed E-state index contributed by atoms with van der Waals surface area (Å²) in [7, 11) is 0. The number of nitrogens with one attached hydrogen (secondary N) is 1. The first-order chi connectivity index (χ1) is 10.9. The summed E-state index contributed by atoms with van der Waals surface area (Å²) in [5.74, 6) is 0.713. The predicted octanol–water partition coefficient (Wildman–Crippen LogP) is 1.33. The fraction of sp³-hybridized carbons (Fsp3) is 0.500. The first-order valence-electron chi connectivity index (χ1n) is 7.78. The predicted molar refractivity (Wildman–Crippen MR) is 83.5 cm³/mol. The molecular formula is C16H21N5O2. The number of benzene rings is 1. The Morgan fingerprint density at radius 1 is 1.39 bits per heavy atom. The van der Waals surface area contributed by atoms with E-state index in [4.69, 9.17) is 0 Å². The number of aromatic nitrogens is 4. The number of aliphatic hydroxyl groups is 1. The molecule has 7 nitrogen and oxygen atoms in total. The van der Waals surface area contributed by atoms with E-state index in [2.05, 4.69) is 20.7 Å². The van der Waals surface area contributed by atoms with Crippen LogP contribution in [-0.2, 0) is 6.54 Å². The van der Waals surface area contributed by atoms with Crippen molar-refractivity contribution >= 4 is 5.91 Å². The summed E-state index contributed by atoms with van der Waals surface area (Å²) >= 11 is 0. The van der Waals surface area contributed by atoms with Crippen LogP contribution in [0.3, 0.4) is 0 Å². The maximum Gasteiger partial charge on any atom is 0.251 e. The van der Waals surface area contributed by atoms with Gasteiger partial charge in [-0.1, -0.05) is 18.2 Å². The fourth-order valence-electron chi connectivity index (χ4n) is 2.43. The summed E-state index contributed by atoms with van der Waals surface area (Å²) in [5.41, 5.74) is -0.303. The molecule has 2 N–H and O–H groups in total. The Bertz CT molecular complexity index is 673. The molecule has 2 aromatic rings. The van der Waals surface area contributed by atoms with E-state index in [9.17, 15) is 9.90 Å². The molecule has 122 valence electrons. The molecule has 1 unspecified atom stereocenters. The molecule has 23 heavy (non-hydrogen) atoms. The van der Waals surface area contributed by atoms with Gasteiger partial charge in [0, 0.05) is 5.56 Å². The molecule has 7 heteroatoms. The van der Waals surface area contributed by atoms with Crippen molar-refractivity contribution in [1.82, 2.24) is 25.5 Å². The topological polar surface area (TPSA) is 92.9 Å². The third kappa shape index (κ3) is 4.13. The molecule has 0 spiro atoms. The number of amides is 1. The van der Waals surface area contributed by atoms with Gasteiger partial charge in [0.2, 0.25) is 0 Å². The Morgan fingerprint density at radius 3 is 2.70 bits per heavy atom. The minimum atomic E-state index is -0.916. The molecule has 1 saturated carbocycles. The van der Waals surface area contributed by atoms with E-state index >= 15 is 0 Å². The van der Waals surface area contributed by atoms with Gasteiger partial charge in [-0.2, -0.15) is 4.80 Å². The number of rotatable bonds is 6. The van der Waals surface area contributed by atoms with Gasteiger partial charge in [0.25, 0.3) is 5.91 Å². The quantitative estimate of drug-likeness (QED) is 0.839. The van der Waals surface area contributed by atoms with Crippen LogP contribution in [0.5, 0.6) is 0 Å². The SMILES string of the molecule is CC(C)(O)Cn1nnc(C(NC(=O)c2ccccc2)C2CC2)n1. The first-order valence-corrected chi connectivity index (χ1v) is 7.78. The van der Waals surface area contributed by atoms with E-state index in [1.165, 1.54) is 4.80 Å². The molecule has 1 aromatic carbocycles. The molecule has 1 atom stereocenters. The minimum Gasteiger partial charge on any atom is -0.388 e. The van der Waals surface area contributed by atoms with Gasteiger partial charge in [-0.25, -0.2) is 0 Å². The normalized spacial score (nSPS) is 16.1. The lowest BCUT2D eigenvalue weighted by Crippen LogP contribution is -2.31. The highest BCUT2D eigenvalue weighted by molar-refractivity contribution is 5.94. The van der Waals surface area contributed by atoms with Gasteiger partial charge in [0.15, 0.2) is 5.82 Å². The van der Waals surface area contributed by atoms with Gasteiger partial charge in [0.1, 0.15) is 0 Å². The molecule has 1 fully saturated rings. The van der Waals surface area contributed by atoms with Gasteiger partial charge >= 0.3 is 0 Å². The molecule has 1 aromatic heterocycles. The van der Waals surface area contributed by atoms with Crippen LogP contribution in [0.2, 0.25) is 0 Å². The van der Waals surface area contributed by atoms with Crippen molar-refractivity contribution in [2.24, 2.45) is 5.92 Å². The Labute approximate surface area is 134 Å². The van der Waals surface area contributed by atoms with Gasteiger partial charge in [-0.05, 0) is 50.0 Å². The molecule has 1 aliphatic carbocycles. The molecule has 1 heterocycles. The van der Waals surface area contributed by atoms with E-state index in [-0.39, 0.29) is 18.5 Å². The maximum atomic E-state index is 12.4. The zero-order chi connectivity index (χ0) is 16.4. The van der Waals surface area contributed by atoms with Crippen LogP contribution in [-0.4, -0.2) is 36.8 Å². The zero-order valence-corrected chi connectivity index (χ0v) is 13.3. The average molecular weight is 315 g/mol. The van der Waals surface area contributed by atoms with Crippen LogP contribution in [0, 0.1) is 5.92 Å². The number of carbonyl (C=O) groups excluding carboxylic acids is 1. The first kappa shape index (κ1) is 15.6. The molecule has 0 saturated heterocycles. The number of hydrogen-bond acceptors (Lipinski definition) is 5. The van der Waals surface area contributed by atoms with Crippen molar-refractivity contribution in [2.45, 2.75) is 44.9 Å². The zero-order valence-electron chi connectivity index (χ0n) is 13.3. The summed E-state index contributed by atoms with van der Waals surface area (Å²) in [5, 5.41) is 25.2. The van der Waals surface area contributed by atoms with E-state index in [0.29, 0.717) is 17.3 Å². The van der Waals surface area contributed by atoms with Gasteiger partial charge in [-0.15, -0.1) is 10.2 Å². The largest absolute Gasteiger partial charge is 0.388 e. The molecule has 1 amide bonds. The standard InChI is InChI=1S/C16H21N5O2/c1-16(2,23)10-21-19-14(18-20-21)13(11-8-9-11)17-15(22)12-6-4-3-5-7-12/h3-7,11,13,23H,8-10H2,1-2H3,(H,17,22).